The van der Waals surface area contributed by atoms with E-state index in [9.17, 15) is 0 Å². The Labute approximate surface area is 56.2 Å². The number of hydrazine groups is 1. The summed E-state index contributed by atoms with van der Waals surface area (Å²) in [6, 6.07) is 0.542. The molecule has 1 saturated heterocycles. The van der Waals surface area contributed by atoms with Gasteiger partial charge in [0, 0.05) is 19.1 Å². The van der Waals surface area contributed by atoms with Crippen LogP contribution >= 0.6 is 0 Å². The van der Waals surface area contributed by atoms with Crippen LogP contribution < -0.4 is 11.2 Å². The molecule has 1 aliphatic heterocycles. The van der Waals surface area contributed by atoms with Crippen LogP contribution in [0.4, 0.5) is 0 Å². The van der Waals surface area contributed by atoms with Gasteiger partial charge in [0.2, 0.25) is 0 Å². The molecule has 0 spiro atoms. The number of nitrogens with zero attached hydrogens (tertiary/aromatic N) is 1. The van der Waals surface area contributed by atoms with Crippen LogP contribution in [0.5, 0.6) is 0 Å². The van der Waals surface area contributed by atoms with Crippen molar-refractivity contribution in [1.29, 1.82) is 0 Å². The molecule has 1 unspecified atom stereocenters. The van der Waals surface area contributed by atoms with Crippen LogP contribution in [0.15, 0.2) is 0 Å². The minimum Gasteiger partial charge on any atom is -0.315 e. The summed E-state index contributed by atoms with van der Waals surface area (Å²) in [4.78, 5) is 0. The van der Waals surface area contributed by atoms with Crippen molar-refractivity contribution in [1.82, 2.24) is 10.3 Å². The molecule has 0 aliphatic carbocycles. The Bertz CT molecular complexity index is 74.4. The zero-order valence-corrected chi connectivity index (χ0v) is 5.93. The summed E-state index contributed by atoms with van der Waals surface area (Å²) in [6.07, 6.45) is 1.16. The van der Waals surface area contributed by atoms with E-state index in [2.05, 4.69) is 12.2 Å². The maximum atomic E-state index is 5.67. The van der Waals surface area contributed by atoms with Crippen molar-refractivity contribution in [2.24, 2.45) is 5.84 Å². The van der Waals surface area contributed by atoms with Crippen LogP contribution in [0.3, 0.4) is 0 Å². The van der Waals surface area contributed by atoms with E-state index in [1.165, 1.54) is 0 Å². The predicted octanol–water partition coefficient (Wildman–Crippen LogP) is -0.456. The van der Waals surface area contributed by atoms with E-state index in [1.54, 1.807) is 0 Å². The lowest BCUT2D eigenvalue weighted by atomic mass is 10.2. The highest BCUT2D eigenvalue weighted by atomic mass is 15.4. The Hall–Kier alpha value is -0.120. The Balaban J connectivity index is 2.32. The number of hydrogen-bond donors (Lipinski definition) is 2. The molecule has 1 heterocycles. The Morgan fingerprint density at radius 1 is 1.56 bits per heavy atom. The van der Waals surface area contributed by atoms with Gasteiger partial charge < -0.3 is 5.32 Å². The molecule has 1 rings (SSSR count). The second kappa shape index (κ2) is 3.15. The van der Waals surface area contributed by atoms with Crippen molar-refractivity contribution in [3.05, 3.63) is 0 Å². The summed E-state index contributed by atoms with van der Waals surface area (Å²) in [5.74, 6) is 5.67. The molecule has 3 heteroatoms. The zero-order chi connectivity index (χ0) is 6.69. The second-order valence-corrected chi connectivity index (χ2v) is 2.63. The third kappa shape index (κ3) is 1.93. The van der Waals surface area contributed by atoms with Crippen LogP contribution in [0.1, 0.15) is 13.3 Å². The van der Waals surface area contributed by atoms with E-state index in [1.807, 2.05) is 5.01 Å². The Morgan fingerprint density at radius 2 is 2.33 bits per heavy atom. The summed E-state index contributed by atoms with van der Waals surface area (Å²) < 4.78 is 0. The molecule has 0 radical (unpaired) electrons. The van der Waals surface area contributed by atoms with Crippen LogP contribution in [0.25, 0.3) is 0 Å². The first kappa shape index (κ1) is 6.99. The molecule has 3 N–H and O–H groups in total. The second-order valence-electron chi connectivity index (χ2n) is 2.63. The molecule has 1 aliphatic rings. The van der Waals surface area contributed by atoms with Crippen molar-refractivity contribution in [3.8, 4) is 0 Å². The van der Waals surface area contributed by atoms with Gasteiger partial charge in [-0.15, -0.1) is 0 Å². The summed E-state index contributed by atoms with van der Waals surface area (Å²) in [6.45, 7) is 5.27. The summed E-state index contributed by atoms with van der Waals surface area (Å²) in [5.41, 5.74) is 0. The molecule has 0 aromatic rings. The van der Waals surface area contributed by atoms with Crippen molar-refractivity contribution >= 4 is 0 Å². The third-order valence-electron chi connectivity index (χ3n) is 1.85. The van der Waals surface area contributed by atoms with Crippen LogP contribution in [0.2, 0.25) is 0 Å². The number of nitrogens with two attached hydrogens (primary N) is 1. The van der Waals surface area contributed by atoms with E-state index in [0.29, 0.717) is 6.04 Å². The largest absolute Gasteiger partial charge is 0.315 e. The SMILES string of the molecule is CC1CCNCCN1N. The fraction of sp³-hybridized carbons (Fsp3) is 1.00. The highest BCUT2D eigenvalue weighted by molar-refractivity contribution is 4.68. The summed E-state index contributed by atoms with van der Waals surface area (Å²) in [7, 11) is 0. The van der Waals surface area contributed by atoms with Crippen molar-refractivity contribution in [3.63, 3.8) is 0 Å². The normalized spacial score (nSPS) is 32.0. The number of rotatable bonds is 0. The topological polar surface area (TPSA) is 41.3 Å². The van der Waals surface area contributed by atoms with Gasteiger partial charge in [-0.2, -0.15) is 0 Å². The van der Waals surface area contributed by atoms with Gasteiger partial charge >= 0.3 is 0 Å². The highest BCUT2D eigenvalue weighted by Gasteiger charge is 2.11. The van der Waals surface area contributed by atoms with Gasteiger partial charge in [0.1, 0.15) is 0 Å². The molecule has 0 aromatic carbocycles. The molecule has 0 bridgehead atoms. The third-order valence-corrected chi connectivity index (χ3v) is 1.85. The highest BCUT2D eigenvalue weighted by Crippen LogP contribution is 1.98. The monoisotopic (exact) mass is 129 g/mol. The predicted molar refractivity (Wildman–Crippen MR) is 37.8 cm³/mol. The molecule has 0 amide bonds. The number of hydrogen-bond acceptors (Lipinski definition) is 3. The van der Waals surface area contributed by atoms with E-state index in [-0.39, 0.29) is 0 Å². The van der Waals surface area contributed by atoms with E-state index in [4.69, 9.17) is 5.84 Å². The van der Waals surface area contributed by atoms with Crippen LogP contribution in [-0.2, 0) is 0 Å². The van der Waals surface area contributed by atoms with Crippen LogP contribution in [-0.4, -0.2) is 30.7 Å². The molecule has 9 heavy (non-hydrogen) atoms. The smallest absolute Gasteiger partial charge is 0.0256 e. The molecule has 3 nitrogen and oxygen atoms in total. The van der Waals surface area contributed by atoms with Gasteiger partial charge in [-0.1, -0.05) is 0 Å². The average molecular weight is 129 g/mol. The van der Waals surface area contributed by atoms with Gasteiger partial charge in [-0.25, -0.2) is 5.01 Å². The molecular weight excluding hydrogens is 114 g/mol. The fourth-order valence-electron chi connectivity index (χ4n) is 1.03. The van der Waals surface area contributed by atoms with Gasteiger partial charge in [-0.3, -0.25) is 5.84 Å². The quantitative estimate of drug-likeness (QED) is 0.435. The van der Waals surface area contributed by atoms with Gasteiger partial charge in [0.15, 0.2) is 0 Å². The lowest BCUT2D eigenvalue weighted by molar-refractivity contribution is 0.226. The van der Waals surface area contributed by atoms with Gasteiger partial charge in [0.25, 0.3) is 0 Å². The molecule has 54 valence electrons. The molecule has 0 saturated carbocycles. The summed E-state index contributed by atoms with van der Waals surface area (Å²) >= 11 is 0. The van der Waals surface area contributed by atoms with E-state index >= 15 is 0 Å². The van der Waals surface area contributed by atoms with E-state index in [0.717, 1.165) is 26.1 Å². The van der Waals surface area contributed by atoms with Gasteiger partial charge in [0.05, 0.1) is 0 Å². The molecular formula is C6H15N3. The first-order valence-electron chi connectivity index (χ1n) is 3.53. The van der Waals surface area contributed by atoms with Crippen LogP contribution in [0, 0.1) is 0 Å². The van der Waals surface area contributed by atoms with E-state index < -0.39 is 0 Å². The van der Waals surface area contributed by atoms with Crippen molar-refractivity contribution in [2.45, 2.75) is 19.4 Å². The molecule has 0 aromatic heterocycles. The maximum Gasteiger partial charge on any atom is 0.0256 e. The first-order chi connectivity index (χ1) is 4.30. The summed E-state index contributed by atoms with van der Waals surface area (Å²) in [5, 5.41) is 5.19. The standard InChI is InChI=1S/C6H15N3/c1-6-2-3-8-4-5-9(6)7/h6,8H,2-5,7H2,1H3. The first-order valence-corrected chi connectivity index (χ1v) is 3.53. The minimum absolute atomic E-state index is 0.542. The van der Waals surface area contributed by atoms with Crippen molar-refractivity contribution < 1.29 is 0 Å². The van der Waals surface area contributed by atoms with Crippen molar-refractivity contribution in [2.75, 3.05) is 19.6 Å². The fourth-order valence-corrected chi connectivity index (χ4v) is 1.03. The molecule has 1 fully saturated rings. The zero-order valence-electron chi connectivity index (χ0n) is 5.93. The molecule has 1 atom stereocenters. The number of nitrogens with one attached hydrogen (secondary N) is 1. The Kier molecular flexibility index (Phi) is 2.45. The lowest BCUT2D eigenvalue weighted by Gasteiger charge is -2.19. The minimum atomic E-state index is 0.542. The van der Waals surface area contributed by atoms with Gasteiger partial charge in [-0.05, 0) is 19.9 Å². The lowest BCUT2D eigenvalue weighted by Crippen LogP contribution is -2.40. The maximum absolute atomic E-state index is 5.67. The Morgan fingerprint density at radius 3 is 3.11 bits per heavy atom. The average Bonchev–Trinajstić information content (AvgIpc) is 1.99.